The van der Waals surface area contributed by atoms with E-state index < -0.39 is 7.82 Å². The van der Waals surface area contributed by atoms with Crippen LogP contribution in [0.2, 0.25) is 0 Å². The van der Waals surface area contributed by atoms with Crippen molar-refractivity contribution in [3.05, 3.63) is 12.2 Å². The molecule has 11 heavy (non-hydrogen) atoms. The van der Waals surface area contributed by atoms with Gasteiger partial charge in [-0.3, -0.25) is 0 Å². The van der Waals surface area contributed by atoms with Gasteiger partial charge in [0.2, 0.25) is 0 Å². The van der Waals surface area contributed by atoms with Crippen molar-refractivity contribution in [2.45, 2.75) is 18.9 Å². The zero-order valence-corrected chi connectivity index (χ0v) is 6.69. The molecule has 0 bridgehead atoms. The molecule has 0 saturated carbocycles. The first-order valence-corrected chi connectivity index (χ1v) is 4.59. The quantitative estimate of drug-likeness (QED) is 0.306. The molecule has 1 rings (SSSR count). The normalized spacial score (nSPS) is 22.7. The Morgan fingerprint density at radius 3 is 1.91 bits per heavy atom. The highest BCUT2D eigenvalue weighted by Gasteiger charge is 2.01. The Morgan fingerprint density at radius 1 is 1.36 bits per heavy atom. The highest BCUT2D eigenvalue weighted by atomic mass is 31.2. The molecule has 1 aliphatic rings. The van der Waals surface area contributed by atoms with Gasteiger partial charge in [0.1, 0.15) is 0 Å². The maximum Gasteiger partial charge on any atom is 0.466 e. The van der Waals surface area contributed by atoms with E-state index in [4.69, 9.17) is 24.4 Å². The van der Waals surface area contributed by atoms with E-state index in [-0.39, 0.29) is 6.10 Å². The van der Waals surface area contributed by atoms with Gasteiger partial charge in [0.25, 0.3) is 0 Å². The average molecular weight is 182 g/mol. The molecule has 0 radical (unpaired) electrons. The maximum atomic E-state index is 8.88. The van der Waals surface area contributed by atoms with Gasteiger partial charge in [-0.2, -0.15) is 0 Å². The van der Waals surface area contributed by atoms with Crippen molar-refractivity contribution in [1.82, 2.24) is 0 Å². The summed E-state index contributed by atoms with van der Waals surface area (Å²) < 4.78 is 8.88. The number of allylic oxidation sites excluding steroid dienone is 1. The van der Waals surface area contributed by atoms with Crippen molar-refractivity contribution in [3.8, 4) is 0 Å². The fourth-order valence-corrected chi connectivity index (χ4v) is 0.617. The van der Waals surface area contributed by atoms with E-state index in [0.29, 0.717) is 0 Å². The van der Waals surface area contributed by atoms with Gasteiger partial charge in [-0.1, -0.05) is 12.2 Å². The van der Waals surface area contributed by atoms with E-state index in [2.05, 4.69) is 0 Å². The van der Waals surface area contributed by atoms with Gasteiger partial charge in [0.05, 0.1) is 6.10 Å². The number of hydrogen-bond donors (Lipinski definition) is 4. The molecule has 0 heterocycles. The summed E-state index contributed by atoms with van der Waals surface area (Å²) in [6.45, 7) is 0. The van der Waals surface area contributed by atoms with Gasteiger partial charge in [-0.05, 0) is 12.8 Å². The standard InChI is InChI=1S/C5H8O.H3O4P/c6-5-3-1-2-4-5;1-5(2,3)4/h1,3,5-6H,2,4H2;(H3,1,2,3,4). The lowest BCUT2D eigenvalue weighted by molar-refractivity contribution is 0.223. The molecule has 0 spiro atoms. The van der Waals surface area contributed by atoms with Crippen LogP contribution in [0.5, 0.6) is 0 Å². The minimum Gasteiger partial charge on any atom is -0.389 e. The monoisotopic (exact) mass is 182 g/mol. The highest BCUT2D eigenvalue weighted by molar-refractivity contribution is 7.45. The third-order valence-corrected chi connectivity index (χ3v) is 0.987. The van der Waals surface area contributed by atoms with Crippen LogP contribution in [0, 0.1) is 0 Å². The van der Waals surface area contributed by atoms with Crippen LogP contribution in [0.15, 0.2) is 12.2 Å². The van der Waals surface area contributed by atoms with Gasteiger partial charge in [0, 0.05) is 0 Å². The van der Waals surface area contributed by atoms with Crippen LogP contribution >= 0.6 is 7.82 Å². The van der Waals surface area contributed by atoms with Crippen LogP contribution in [-0.4, -0.2) is 25.9 Å². The molecule has 1 unspecified atom stereocenters. The summed E-state index contributed by atoms with van der Waals surface area (Å²) in [7, 11) is -4.64. The summed E-state index contributed by atoms with van der Waals surface area (Å²) in [5.41, 5.74) is 0. The molecule has 5 nitrogen and oxygen atoms in total. The topological polar surface area (TPSA) is 98.0 Å². The second-order valence-electron chi connectivity index (χ2n) is 2.09. The molecular weight excluding hydrogens is 171 g/mol. The Balaban J connectivity index is 0.000000187. The molecule has 0 aromatic rings. The summed E-state index contributed by atoms with van der Waals surface area (Å²) in [5.74, 6) is 0. The minimum atomic E-state index is -4.64. The van der Waals surface area contributed by atoms with Gasteiger partial charge < -0.3 is 19.8 Å². The molecule has 1 aliphatic carbocycles. The van der Waals surface area contributed by atoms with Gasteiger partial charge >= 0.3 is 7.82 Å². The van der Waals surface area contributed by atoms with E-state index in [0.717, 1.165) is 12.8 Å². The molecule has 0 aromatic carbocycles. The van der Waals surface area contributed by atoms with Gasteiger partial charge in [-0.25, -0.2) is 4.57 Å². The van der Waals surface area contributed by atoms with Gasteiger partial charge in [0.15, 0.2) is 0 Å². The fourth-order valence-electron chi connectivity index (χ4n) is 0.617. The predicted octanol–water partition coefficient (Wildman–Crippen LogP) is -0.231. The van der Waals surface area contributed by atoms with Crippen LogP contribution in [0.4, 0.5) is 0 Å². The van der Waals surface area contributed by atoms with E-state index in [1.54, 1.807) is 0 Å². The van der Waals surface area contributed by atoms with Crippen molar-refractivity contribution in [1.29, 1.82) is 0 Å². The lowest BCUT2D eigenvalue weighted by Gasteiger charge is -1.89. The number of aliphatic hydroxyl groups is 1. The smallest absolute Gasteiger partial charge is 0.389 e. The van der Waals surface area contributed by atoms with E-state index in [1.807, 2.05) is 12.2 Å². The third kappa shape index (κ3) is 12.9. The number of hydrogen-bond acceptors (Lipinski definition) is 2. The van der Waals surface area contributed by atoms with E-state index in [9.17, 15) is 0 Å². The molecular formula is C5H11O5P. The van der Waals surface area contributed by atoms with Crippen LogP contribution in [-0.2, 0) is 4.57 Å². The summed E-state index contributed by atoms with van der Waals surface area (Å²) in [5, 5.41) is 8.64. The number of aliphatic hydroxyl groups excluding tert-OH is 1. The molecule has 0 amide bonds. The molecule has 4 N–H and O–H groups in total. The Labute approximate surface area is 64.2 Å². The predicted molar refractivity (Wildman–Crippen MR) is 38.6 cm³/mol. The third-order valence-electron chi connectivity index (χ3n) is 0.987. The average Bonchev–Trinajstić information content (AvgIpc) is 2.12. The second kappa shape index (κ2) is 4.64. The zero-order chi connectivity index (χ0) is 8.91. The van der Waals surface area contributed by atoms with Crippen LogP contribution < -0.4 is 0 Å². The molecule has 1 atom stereocenters. The summed E-state index contributed by atoms with van der Waals surface area (Å²) in [6, 6.07) is 0. The lowest BCUT2D eigenvalue weighted by atomic mass is 10.3. The zero-order valence-electron chi connectivity index (χ0n) is 5.79. The number of rotatable bonds is 0. The maximum absolute atomic E-state index is 8.88. The summed E-state index contributed by atoms with van der Waals surface area (Å²) >= 11 is 0. The molecule has 6 heteroatoms. The van der Waals surface area contributed by atoms with Crippen LogP contribution in [0.25, 0.3) is 0 Å². The Morgan fingerprint density at radius 2 is 1.82 bits per heavy atom. The Kier molecular flexibility index (Phi) is 4.56. The summed E-state index contributed by atoms with van der Waals surface area (Å²) in [4.78, 5) is 21.6. The van der Waals surface area contributed by atoms with Crippen molar-refractivity contribution in [2.75, 3.05) is 0 Å². The van der Waals surface area contributed by atoms with Crippen molar-refractivity contribution in [3.63, 3.8) is 0 Å². The van der Waals surface area contributed by atoms with E-state index in [1.165, 1.54) is 0 Å². The Bertz CT molecular complexity index is 163. The van der Waals surface area contributed by atoms with Crippen LogP contribution in [0.1, 0.15) is 12.8 Å². The van der Waals surface area contributed by atoms with Crippen molar-refractivity contribution >= 4 is 7.82 Å². The first-order valence-electron chi connectivity index (χ1n) is 3.02. The van der Waals surface area contributed by atoms with Crippen molar-refractivity contribution in [2.24, 2.45) is 0 Å². The molecule has 0 saturated heterocycles. The molecule has 0 aromatic heterocycles. The minimum absolute atomic E-state index is 0.134. The fraction of sp³-hybridized carbons (Fsp3) is 0.600. The van der Waals surface area contributed by atoms with Crippen LogP contribution in [0.3, 0.4) is 0 Å². The highest BCUT2D eigenvalue weighted by Crippen LogP contribution is 2.25. The van der Waals surface area contributed by atoms with Gasteiger partial charge in [-0.15, -0.1) is 0 Å². The van der Waals surface area contributed by atoms with Crippen molar-refractivity contribution < 1.29 is 24.4 Å². The summed E-state index contributed by atoms with van der Waals surface area (Å²) in [6.07, 6.45) is 5.69. The molecule has 0 fully saturated rings. The second-order valence-corrected chi connectivity index (χ2v) is 3.11. The SMILES string of the molecule is O=P(O)(O)O.OC1C=CCC1. The molecule has 66 valence electrons. The first kappa shape index (κ1) is 10.8. The lowest BCUT2D eigenvalue weighted by Crippen LogP contribution is -1.93. The first-order chi connectivity index (χ1) is 4.89. The largest absolute Gasteiger partial charge is 0.466 e. The van der Waals surface area contributed by atoms with E-state index >= 15 is 0 Å². The Hall–Kier alpha value is -0.190. The number of phosphoric acid groups is 1. The molecule has 0 aliphatic heterocycles.